The molecule has 0 unspecified atom stereocenters. The van der Waals surface area contributed by atoms with E-state index in [1.54, 1.807) is 6.08 Å². The molecular formula is C19H26O. The van der Waals surface area contributed by atoms with E-state index < -0.39 is 0 Å². The molecule has 1 heteroatoms. The highest BCUT2D eigenvalue weighted by Crippen LogP contribution is 2.33. The first kappa shape index (κ1) is 16.3. The van der Waals surface area contributed by atoms with Gasteiger partial charge in [-0.2, -0.15) is 0 Å². The Labute approximate surface area is 123 Å². The lowest BCUT2D eigenvalue weighted by Gasteiger charge is -2.27. The summed E-state index contributed by atoms with van der Waals surface area (Å²) in [6, 6.07) is 8.40. The van der Waals surface area contributed by atoms with Crippen LogP contribution in [0.2, 0.25) is 0 Å². The van der Waals surface area contributed by atoms with Crippen LogP contribution in [0.3, 0.4) is 0 Å². The smallest absolute Gasteiger partial charge is 0.119 e. The molecule has 0 fully saturated rings. The Hall–Kier alpha value is -1.76. The zero-order valence-electron chi connectivity index (χ0n) is 13.1. The van der Waals surface area contributed by atoms with Crippen LogP contribution in [0, 0.1) is 0 Å². The fourth-order valence-electron chi connectivity index (χ4n) is 2.19. The molecule has 0 heterocycles. The predicted octanol–water partition coefficient (Wildman–Crippen LogP) is 5.44. The molecule has 0 saturated carbocycles. The number of hydrogen-bond acceptors (Lipinski definition) is 1. The third-order valence-corrected chi connectivity index (χ3v) is 3.49. The van der Waals surface area contributed by atoms with Crippen LogP contribution in [0.25, 0.3) is 0 Å². The largest absolute Gasteiger partial charge is 0.494 e. The van der Waals surface area contributed by atoms with E-state index in [9.17, 15) is 0 Å². The lowest BCUT2D eigenvalue weighted by molar-refractivity contribution is 0.317. The van der Waals surface area contributed by atoms with E-state index in [4.69, 9.17) is 4.74 Å². The summed E-state index contributed by atoms with van der Waals surface area (Å²) in [5, 5.41) is 0. The maximum absolute atomic E-state index is 5.63. The predicted molar refractivity (Wildman–Crippen MR) is 88.3 cm³/mol. The molecule has 0 aliphatic rings. The van der Waals surface area contributed by atoms with Crippen molar-refractivity contribution >= 4 is 0 Å². The summed E-state index contributed by atoms with van der Waals surface area (Å²) < 4.78 is 5.63. The average molecular weight is 270 g/mol. The first-order valence-electron chi connectivity index (χ1n) is 7.25. The zero-order valence-corrected chi connectivity index (χ0v) is 13.1. The monoisotopic (exact) mass is 270 g/mol. The molecule has 0 spiro atoms. The molecular weight excluding hydrogens is 244 g/mol. The summed E-state index contributed by atoms with van der Waals surface area (Å²) in [4.78, 5) is 0. The van der Waals surface area contributed by atoms with Crippen LogP contribution in [-0.4, -0.2) is 6.61 Å². The summed E-state index contributed by atoms with van der Waals surface area (Å²) in [7, 11) is 0. The Morgan fingerprint density at radius 1 is 1.25 bits per heavy atom. The first-order chi connectivity index (χ1) is 9.56. The van der Waals surface area contributed by atoms with E-state index in [0.29, 0.717) is 0 Å². The fourth-order valence-corrected chi connectivity index (χ4v) is 2.19. The molecule has 1 rings (SSSR count). The van der Waals surface area contributed by atoms with Crippen molar-refractivity contribution in [1.29, 1.82) is 0 Å². The van der Waals surface area contributed by atoms with E-state index in [0.717, 1.165) is 18.8 Å². The number of allylic oxidation sites excluding steroid dienone is 5. The maximum atomic E-state index is 5.63. The van der Waals surface area contributed by atoms with Crippen LogP contribution in [0.5, 0.6) is 5.75 Å². The van der Waals surface area contributed by atoms with Crippen LogP contribution < -0.4 is 4.74 Å². The van der Waals surface area contributed by atoms with Gasteiger partial charge in [-0.15, -0.1) is 0 Å². The van der Waals surface area contributed by atoms with E-state index in [2.05, 4.69) is 70.7 Å². The van der Waals surface area contributed by atoms with Gasteiger partial charge in [-0.3, -0.25) is 0 Å². The highest BCUT2D eigenvalue weighted by atomic mass is 16.5. The molecule has 1 aromatic carbocycles. The van der Waals surface area contributed by atoms with E-state index in [1.807, 2.05) is 6.08 Å². The molecule has 1 aromatic rings. The van der Waals surface area contributed by atoms with Crippen LogP contribution >= 0.6 is 0 Å². The van der Waals surface area contributed by atoms with Gasteiger partial charge in [0.25, 0.3) is 0 Å². The van der Waals surface area contributed by atoms with Crippen molar-refractivity contribution in [2.24, 2.45) is 0 Å². The normalized spacial score (nSPS) is 12.7. The summed E-state index contributed by atoms with van der Waals surface area (Å²) in [5.74, 6) is 0.940. The Bertz CT molecular complexity index is 475. The summed E-state index contributed by atoms with van der Waals surface area (Å²) in [6.45, 7) is 13.2. The molecule has 0 aromatic heterocycles. The molecule has 0 amide bonds. The van der Waals surface area contributed by atoms with Crippen molar-refractivity contribution in [2.45, 2.75) is 39.5 Å². The summed E-state index contributed by atoms with van der Waals surface area (Å²) in [5.41, 5.74) is 2.53. The highest BCUT2D eigenvalue weighted by molar-refractivity contribution is 5.42. The lowest BCUT2D eigenvalue weighted by atomic mass is 9.77. The molecule has 20 heavy (non-hydrogen) atoms. The number of ether oxygens (including phenoxy) is 1. The Morgan fingerprint density at radius 3 is 2.40 bits per heavy atom. The van der Waals surface area contributed by atoms with E-state index >= 15 is 0 Å². The van der Waals surface area contributed by atoms with Crippen molar-refractivity contribution in [3.8, 4) is 5.75 Å². The third-order valence-electron chi connectivity index (χ3n) is 3.49. The molecule has 0 aliphatic heterocycles. The standard InChI is InChI=1S/C19H26O/c1-6-9-10-16(8-3)19(4,5)17-11-13-18(14-12-17)20-15-7-2/h6,8-14H,1,7,15H2,2-5H3/b10-9-,16-8+. The van der Waals surface area contributed by atoms with Gasteiger partial charge >= 0.3 is 0 Å². The van der Waals surface area contributed by atoms with Gasteiger partial charge < -0.3 is 4.74 Å². The van der Waals surface area contributed by atoms with Crippen LogP contribution in [0.4, 0.5) is 0 Å². The summed E-state index contributed by atoms with van der Waals surface area (Å²) in [6.07, 6.45) is 9.09. The molecule has 0 N–H and O–H groups in total. The highest BCUT2D eigenvalue weighted by Gasteiger charge is 2.23. The molecule has 108 valence electrons. The minimum Gasteiger partial charge on any atom is -0.494 e. The minimum absolute atomic E-state index is 0.0302. The van der Waals surface area contributed by atoms with Crippen LogP contribution in [0.15, 0.2) is 60.7 Å². The number of hydrogen-bond donors (Lipinski definition) is 0. The molecule has 0 atom stereocenters. The van der Waals surface area contributed by atoms with Gasteiger partial charge in [-0.25, -0.2) is 0 Å². The zero-order chi connectivity index (χ0) is 15.0. The molecule has 1 nitrogen and oxygen atoms in total. The Kier molecular flexibility index (Phi) is 6.30. The van der Waals surface area contributed by atoms with Gasteiger partial charge in [-0.05, 0) is 36.6 Å². The van der Waals surface area contributed by atoms with E-state index in [-0.39, 0.29) is 5.41 Å². The van der Waals surface area contributed by atoms with Crippen LogP contribution in [-0.2, 0) is 5.41 Å². The second kappa shape index (κ2) is 7.74. The second-order valence-electron chi connectivity index (χ2n) is 5.34. The maximum Gasteiger partial charge on any atom is 0.119 e. The number of rotatable bonds is 7. The van der Waals surface area contributed by atoms with Crippen molar-refractivity contribution in [1.82, 2.24) is 0 Å². The fraction of sp³-hybridized carbons (Fsp3) is 0.368. The summed E-state index contributed by atoms with van der Waals surface area (Å²) >= 11 is 0. The van der Waals surface area contributed by atoms with Crippen molar-refractivity contribution in [2.75, 3.05) is 6.61 Å². The van der Waals surface area contributed by atoms with Crippen molar-refractivity contribution in [3.05, 3.63) is 66.3 Å². The Morgan fingerprint density at radius 2 is 1.90 bits per heavy atom. The Balaban J connectivity index is 2.96. The molecule has 0 saturated heterocycles. The van der Waals surface area contributed by atoms with Gasteiger partial charge in [0.2, 0.25) is 0 Å². The molecule has 0 bridgehead atoms. The van der Waals surface area contributed by atoms with Gasteiger partial charge in [-0.1, -0.05) is 63.8 Å². The van der Waals surface area contributed by atoms with Gasteiger partial charge in [0.1, 0.15) is 5.75 Å². The van der Waals surface area contributed by atoms with Gasteiger partial charge in [0, 0.05) is 5.41 Å². The van der Waals surface area contributed by atoms with Crippen molar-refractivity contribution in [3.63, 3.8) is 0 Å². The third kappa shape index (κ3) is 4.12. The second-order valence-corrected chi connectivity index (χ2v) is 5.34. The molecule has 0 radical (unpaired) electrons. The first-order valence-corrected chi connectivity index (χ1v) is 7.25. The minimum atomic E-state index is -0.0302. The van der Waals surface area contributed by atoms with E-state index in [1.165, 1.54) is 11.1 Å². The topological polar surface area (TPSA) is 9.23 Å². The van der Waals surface area contributed by atoms with Crippen molar-refractivity contribution < 1.29 is 4.74 Å². The number of benzene rings is 1. The SMILES string of the molecule is C=C/C=C\C(=C/C)C(C)(C)c1ccc(OCCC)cc1. The average Bonchev–Trinajstić information content (AvgIpc) is 2.46. The van der Waals surface area contributed by atoms with Gasteiger partial charge in [0.15, 0.2) is 0 Å². The van der Waals surface area contributed by atoms with Crippen LogP contribution in [0.1, 0.15) is 39.7 Å². The van der Waals surface area contributed by atoms with Gasteiger partial charge in [0.05, 0.1) is 6.61 Å². The molecule has 0 aliphatic carbocycles. The quantitative estimate of drug-likeness (QED) is 0.599. The lowest BCUT2D eigenvalue weighted by Crippen LogP contribution is -2.19.